The molecule has 2 aromatic carbocycles. The van der Waals surface area contributed by atoms with Gasteiger partial charge in [-0.3, -0.25) is 0 Å². The minimum Gasteiger partial charge on any atom is -0.309 e. The lowest BCUT2D eigenvalue weighted by atomic mass is 10.0. The molecule has 0 amide bonds. The van der Waals surface area contributed by atoms with E-state index >= 15 is 0 Å². The molecule has 0 unspecified atom stereocenters. The molecule has 0 atom stereocenters. The quantitative estimate of drug-likeness (QED) is 0.694. The first kappa shape index (κ1) is 8.27. The monoisotopic (exact) mass is 203 g/mol. The number of halogens is 1. The Kier molecular flexibility index (Phi) is 1.76. The molecule has 1 heterocycles. The second-order valence-electron chi connectivity index (χ2n) is 3.72. The maximum Gasteiger partial charge on any atom is 0.0412 e. The van der Waals surface area contributed by atoms with Crippen LogP contribution >= 0.6 is 11.6 Å². The molecule has 1 nitrogen and oxygen atoms in total. The number of fused-ring (bicyclic) bond motifs is 2. The van der Waals surface area contributed by atoms with E-state index in [0.29, 0.717) is 0 Å². The van der Waals surface area contributed by atoms with Crippen LogP contribution in [-0.2, 0) is 13.1 Å². The van der Waals surface area contributed by atoms with Crippen molar-refractivity contribution < 1.29 is 0 Å². The lowest BCUT2D eigenvalue weighted by Crippen LogP contribution is -1.99. The zero-order chi connectivity index (χ0) is 9.54. The van der Waals surface area contributed by atoms with Gasteiger partial charge in [0.05, 0.1) is 0 Å². The Morgan fingerprint density at radius 1 is 0.929 bits per heavy atom. The molecule has 2 heteroatoms. The molecule has 0 fully saturated rings. The summed E-state index contributed by atoms with van der Waals surface area (Å²) < 4.78 is 0. The smallest absolute Gasteiger partial charge is 0.0412 e. The topological polar surface area (TPSA) is 12.0 Å². The van der Waals surface area contributed by atoms with Gasteiger partial charge in [-0.15, -0.1) is 0 Å². The third kappa shape index (κ3) is 1.21. The van der Waals surface area contributed by atoms with Crippen LogP contribution in [0.5, 0.6) is 0 Å². The summed E-state index contributed by atoms with van der Waals surface area (Å²) in [4.78, 5) is 0. The number of hydrogen-bond donors (Lipinski definition) is 1. The van der Waals surface area contributed by atoms with Crippen LogP contribution in [0.2, 0.25) is 5.02 Å². The van der Waals surface area contributed by atoms with Gasteiger partial charge in [0.25, 0.3) is 0 Å². The summed E-state index contributed by atoms with van der Waals surface area (Å²) in [6.07, 6.45) is 0. The standard InChI is InChI=1S/C12H10ClN/c13-12-2-1-8-3-10-6-14-7-11(10)4-9(8)5-12/h1-5,14H,6-7H2. The molecule has 70 valence electrons. The molecule has 0 aliphatic carbocycles. The van der Waals surface area contributed by atoms with Gasteiger partial charge in [0, 0.05) is 18.1 Å². The molecule has 0 spiro atoms. The van der Waals surface area contributed by atoms with Crippen LogP contribution in [0.3, 0.4) is 0 Å². The van der Waals surface area contributed by atoms with Gasteiger partial charge in [0.2, 0.25) is 0 Å². The highest BCUT2D eigenvalue weighted by molar-refractivity contribution is 6.31. The molecule has 0 radical (unpaired) electrons. The summed E-state index contributed by atoms with van der Waals surface area (Å²) >= 11 is 5.95. The molecule has 2 aromatic rings. The molecule has 0 saturated carbocycles. The number of benzene rings is 2. The van der Waals surface area contributed by atoms with Crippen LogP contribution in [0.15, 0.2) is 30.3 Å². The SMILES string of the molecule is Clc1ccc2cc3c(cc2c1)CNC3. The van der Waals surface area contributed by atoms with Crippen LogP contribution in [0.1, 0.15) is 11.1 Å². The van der Waals surface area contributed by atoms with Gasteiger partial charge in [-0.2, -0.15) is 0 Å². The molecule has 0 aromatic heterocycles. The normalized spacial score (nSPS) is 14.6. The Morgan fingerprint density at radius 2 is 1.64 bits per heavy atom. The first-order valence-corrected chi connectivity index (χ1v) is 5.12. The summed E-state index contributed by atoms with van der Waals surface area (Å²) in [6, 6.07) is 10.5. The Morgan fingerprint density at radius 3 is 2.43 bits per heavy atom. The maximum absolute atomic E-state index is 5.95. The zero-order valence-electron chi connectivity index (χ0n) is 7.68. The molecule has 1 N–H and O–H groups in total. The lowest BCUT2D eigenvalue weighted by molar-refractivity contribution is 0.765. The van der Waals surface area contributed by atoms with Crippen molar-refractivity contribution in [2.24, 2.45) is 0 Å². The van der Waals surface area contributed by atoms with Crippen molar-refractivity contribution in [1.82, 2.24) is 5.32 Å². The molecular weight excluding hydrogens is 194 g/mol. The third-order valence-electron chi connectivity index (χ3n) is 2.75. The summed E-state index contributed by atoms with van der Waals surface area (Å²) in [7, 11) is 0. The maximum atomic E-state index is 5.95. The van der Waals surface area contributed by atoms with E-state index in [2.05, 4.69) is 23.5 Å². The first-order chi connectivity index (χ1) is 6.83. The minimum absolute atomic E-state index is 0.809. The second kappa shape index (κ2) is 2.97. The van der Waals surface area contributed by atoms with Crippen molar-refractivity contribution in [3.8, 4) is 0 Å². The van der Waals surface area contributed by atoms with Crippen LogP contribution in [0, 0.1) is 0 Å². The van der Waals surface area contributed by atoms with Crippen LogP contribution in [0.4, 0.5) is 0 Å². The van der Waals surface area contributed by atoms with Crippen LogP contribution in [0.25, 0.3) is 10.8 Å². The number of rotatable bonds is 0. The van der Waals surface area contributed by atoms with Crippen molar-refractivity contribution in [3.05, 3.63) is 46.5 Å². The van der Waals surface area contributed by atoms with Crippen LogP contribution in [-0.4, -0.2) is 0 Å². The second-order valence-corrected chi connectivity index (χ2v) is 4.15. The highest BCUT2D eigenvalue weighted by Gasteiger charge is 2.10. The van der Waals surface area contributed by atoms with E-state index < -0.39 is 0 Å². The van der Waals surface area contributed by atoms with E-state index in [1.807, 2.05) is 12.1 Å². The fourth-order valence-electron chi connectivity index (χ4n) is 2.02. The molecule has 1 aliphatic heterocycles. The summed E-state index contributed by atoms with van der Waals surface area (Å²) in [6.45, 7) is 1.98. The van der Waals surface area contributed by atoms with E-state index in [4.69, 9.17) is 11.6 Å². The van der Waals surface area contributed by atoms with E-state index in [1.54, 1.807) is 0 Å². The van der Waals surface area contributed by atoms with Gasteiger partial charge in [-0.25, -0.2) is 0 Å². The summed E-state index contributed by atoms with van der Waals surface area (Å²) in [5.41, 5.74) is 2.82. The van der Waals surface area contributed by atoms with Crippen molar-refractivity contribution in [1.29, 1.82) is 0 Å². The predicted molar refractivity (Wildman–Crippen MR) is 59.5 cm³/mol. The van der Waals surface area contributed by atoms with Crippen LogP contribution < -0.4 is 5.32 Å². The van der Waals surface area contributed by atoms with E-state index in [1.165, 1.54) is 21.9 Å². The van der Waals surface area contributed by atoms with Crippen molar-refractivity contribution in [2.45, 2.75) is 13.1 Å². The van der Waals surface area contributed by atoms with E-state index in [0.717, 1.165) is 18.1 Å². The minimum atomic E-state index is 0.809. The lowest BCUT2D eigenvalue weighted by Gasteiger charge is -2.02. The molecule has 0 bridgehead atoms. The zero-order valence-corrected chi connectivity index (χ0v) is 8.43. The Hall–Kier alpha value is -1.05. The van der Waals surface area contributed by atoms with Gasteiger partial charge in [-0.1, -0.05) is 17.7 Å². The molecule has 14 heavy (non-hydrogen) atoms. The number of hydrogen-bond acceptors (Lipinski definition) is 1. The molecule has 3 rings (SSSR count). The van der Waals surface area contributed by atoms with Gasteiger partial charge in [-0.05, 0) is 46.2 Å². The average Bonchev–Trinajstić information content (AvgIpc) is 2.61. The summed E-state index contributed by atoms with van der Waals surface area (Å²) in [5, 5.41) is 6.66. The largest absolute Gasteiger partial charge is 0.309 e. The van der Waals surface area contributed by atoms with Crippen molar-refractivity contribution in [3.63, 3.8) is 0 Å². The van der Waals surface area contributed by atoms with Gasteiger partial charge >= 0.3 is 0 Å². The Bertz CT molecular complexity index is 505. The molecule has 0 saturated heterocycles. The fraction of sp³-hybridized carbons (Fsp3) is 0.167. The fourth-order valence-corrected chi connectivity index (χ4v) is 2.20. The van der Waals surface area contributed by atoms with E-state index in [-0.39, 0.29) is 0 Å². The molecule has 1 aliphatic rings. The third-order valence-corrected chi connectivity index (χ3v) is 2.99. The van der Waals surface area contributed by atoms with Gasteiger partial charge in [0.15, 0.2) is 0 Å². The van der Waals surface area contributed by atoms with Crippen molar-refractivity contribution >= 4 is 22.4 Å². The van der Waals surface area contributed by atoms with E-state index in [9.17, 15) is 0 Å². The van der Waals surface area contributed by atoms with Gasteiger partial charge < -0.3 is 5.32 Å². The average molecular weight is 204 g/mol. The van der Waals surface area contributed by atoms with Gasteiger partial charge in [0.1, 0.15) is 0 Å². The molecular formula is C12H10ClN. The Balaban J connectivity index is 2.33. The summed E-state index contributed by atoms with van der Waals surface area (Å²) in [5.74, 6) is 0. The first-order valence-electron chi connectivity index (χ1n) is 4.75. The number of nitrogens with one attached hydrogen (secondary N) is 1. The van der Waals surface area contributed by atoms with Crippen molar-refractivity contribution in [2.75, 3.05) is 0 Å². The predicted octanol–water partition coefficient (Wildman–Crippen LogP) is 3.10. The highest BCUT2D eigenvalue weighted by Crippen LogP contribution is 2.25. The Labute approximate surface area is 87.7 Å². The highest BCUT2D eigenvalue weighted by atomic mass is 35.5.